The number of hydrogen-bond acceptors (Lipinski definition) is 18. The van der Waals surface area contributed by atoms with Gasteiger partial charge in [-0.3, -0.25) is 37.7 Å². The van der Waals surface area contributed by atoms with E-state index in [0.29, 0.717) is 106 Å². The highest BCUT2D eigenvalue weighted by atomic mass is 32.2. The van der Waals surface area contributed by atoms with Crippen LogP contribution in [0.2, 0.25) is 0 Å². The van der Waals surface area contributed by atoms with Crippen molar-refractivity contribution in [2.24, 2.45) is 0 Å². The number of benzene rings is 3. The maximum absolute atomic E-state index is 13.0. The van der Waals surface area contributed by atoms with Gasteiger partial charge >= 0.3 is 5.97 Å². The van der Waals surface area contributed by atoms with Gasteiger partial charge in [-0.25, -0.2) is 9.86 Å². The number of carbonyl (C=O) groups is 5. The molecule has 2 atom stereocenters. The van der Waals surface area contributed by atoms with Gasteiger partial charge in [-0.05, 0) is 156 Å². The predicted octanol–water partition coefficient (Wildman–Crippen LogP) is 6.50. The normalized spacial score (nSPS) is 19.8. The van der Waals surface area contributed by atoms with Crippen LogP contribution >= 0.6 is 0 Å². The molecule has 1 saturated heterocycles. The Hall–Kier alpha value is -6.99. The van der Waals surface area contributed by atoms with E-state index in [0.717, 1.165) is 0 Å². The van der Waals surface area contributed by atoms with Crippen molar-refractivity contribution in [3.05, 3.63) is 118 Å². The number of allylic oxidation sites excluding steroid dienone is 7. The maximum atomic E-state index is 13.0. The summed E-state index contributed by atoms with van der Waals surface area (Å²) in [6, 6.07) is 10.7. The summed E-state index contributed by atoms with van der Waals surface area (Å²) in [6.07, 6.45) is 10.3. The summed E-state index contributed by atoms with van der Waals surface area (Å²) in [5.41, 5.74) is 3.51. The van der Waals surface area contributed by atoms with Crippen molar-refractivity contribution in [1.29, 1.82) is 0 Å². The van der Waals surface area contributed by atoms with Crippen LogP contribution in [0, 0.1) is 13.8 Å². The number of imide groups is 1. The number of anilines is 1. The van der Waals surface area contributed by atoms with Crippen LogP contribution in [0.4, 0.5) is 11.4 Å². The van der Waals surface area contributed by atoms with Crippen molar-refractivity contribution < 1.29 is 96.1 Å². The van der Waals surface area contributed by atoms with Crippen molar-refractivity contribution in [2.45, 2.75) is 130 Å². The van der Waals surface area contributed by atoms with E-state index in [1.165, 1.54) is 62.6 Å². The molecule has 7 rings (SSSR count). The van der Waals surface area contributed by atoms with E-state index in [-0.39, 0.29) is 117 Å². The summed E-state index contributed by atoms with van der Waals surface area (Å²) in [6.45, 7) is 8.42. The van der Waals surface area contributed by atoms with Crippen LogP contribution in [0.3, 0.4) is 0 Å². The Kier molecular flexibility index (Phi) is 22.7. The summed E-state index contributed by atoms with van der Waals surface area (Å²) in [7, 11) is -9.09. The fourth-order valence-electron chi connectivity index (χ4n) is 11.2. The summed E-state index contributed by atoms with van der Waals surface area (Å²) in [5, 5.41) is 7.38. The molecule has 25 nitrogen and oxygen atoms in total. The lowest BCUT2D eigenvalue weighted by Gasteiger charge is -2.30. The van der Waals surface area contributed by atoms with Crippen LogP contribution < -0.4 is 20.4 Å². The van der Waals surface area contributed by atoms with Crippen LogP contribution in [0.1, 0.15) is 113 Å². The lowest BCUT2D eigenvalue weighted by Crippen LogP contribution is -2.33. The summed E-state index contributed by atoms with van der Waals surface area (Å²) in [5.74, 6) is -1.73. The minimum Gasteiger partial charge on any atom is -0.457 e. The number of ether oxygens (including phenoxy) is 4. The largest absolute Gasteiger partial charge is 0.457 e. The summed E-state index contributed by atoms with van der Waals surface area (Å²) in [4.78, 5) is 71.6. The molecule has 4 amide bonds. The van der Waals surface area contributed by atoms with Crippen LogP contribution in [-0.2, 0) is 89.0 Å². The Labute approximate surface area is 512 Å². The Balaban J connectivity index is 1.17. The number of hydroxylamine groups is 3. The standard InChI is InChI=1S/C60H75N5O20S3/c1-39-35-45(87(74,75)76)37-47-56(39)63(7)49(59(47,3)26-24-51(66)61-5)20-14-41-11-10-12-42(58(41)84-43-16-18-44(19-17-43)86(71,72)73)15-21-50-60(4,27-25-52(67)62-6)48-38-46(88(77,78)79)36-40(2)57(48)64(50)83-34-33-82-32-31-81-30-29-80-28-9-8-13-55(70)85-65-53(68)22-23-54(65)69/h14-21,35-38H,8-13,22-34H2,1-7H3,(H4-,61,62,66,67,71,72,73,74,75,76,77,78,79)/p+1. The number of hydrogen-bond donors (Lipinski definition) is 5. The fourth-order valence-corrected chi connectivity index (χ4v) is 12.8. The number of nitrogens with one attached hydrogen (secondary N) is 2. The first-order valence-corrected chi connectivity index (χ1v) is 32.9. The van der Waals surface area contributed by atoms with Gasteiger partial charge in [-0.1, -0.05) is 6.08 Å². The zero-order chi connectivity index (χ0) is 64.4. The third kappa shape index (κ3) is 16.4. The van der Waals surface area contributed by atoms with E-state index in [2.05, 4.69) is 10.6 Å². The van der Waals surface area contributed by atoms with Gasteiger partial charge in [0.05, 0.1) is 71.1 Å². The first kappa shape index (κ1) is 68.5. The van der Waals surface area contributed by atoms with Gasteiger partial charge in [0, 0.05) is 75.4 Å². The van der Waals surface area contributed by atoms with Crippen LogP contribution in [0.5, 0.6) is 5.75 Å². The van der Waals surface area contributed by atoms with E-state index in [9.17, 15) is 62.9 Å². The fraction of sp³-hybridized carbons (Fsp3) is 0.467. The molecule has 1 aliphatic carbocycles. The average Bonchev–Trinajstić information content (AvgIpc) is 1.60. The van der Waals surface area contributed by atoms with E-state index < -0.39 is 59.0 Å². The van der Waals surface area contributed by atoms with Gasteiger partial charge in [-0.15, -0.1) is 5.06 Å². The second-order valence-corrected chi connectivity index (χ2v) is 26.2. The highest BCUT2D eigenvalue weighted by Crippen LogP contribution is 2.53. The third-order valence-corrected chi connectivity index (χ3v) is 18.4. The van der Waals surface area contributed by atoms with Crippen LogP contribution in [0.25, 0.3) is 0 Å². The first-order chi connectivity index (χ1) is 41.5. The van der Waals surface area contributed by atoms with Crippen molar-refractivity contribution in [1.82, 2.24) is 15.7 Å². The zero-order valence-electron chi connectivity index (χ0n) is 50.2. The number of nitrogens with zero attached hydrogens (tertiary/aromatic N) is 3. The van der Waals surface area contributed by atoms with E-state index in [1.807, 2.05) is 43.7 Å². The zero-order valence-corrected chi connectivity index (χ0v) is 52.7. The number of aryl methyl sites for hydroxylation is 2. The molecule has 3 aromatic carbocycles. The molecule has 3 aliphatic heterocycles. The molecule has 0 bridgehead atoms. The molecular formula is C60H76N5O20S3+. The molecule has 0 spiro atoms. The number of rotatable bonds is 30. The first-order valence-electron chi connectivity index (χ1n) is 28.6. The van der Waals surface area contributed by atoms with Crippen LogP contribution in [0.15, 0.2) is 110 Å². The molecule has 2 unspecified atom stereocenters. The molecule has 3 heterocycles. The van der Waals surface area contributed by atoms with E-state index >= 15 is 0 Å². The molecule has 1 fully saturated rings. The lowest BCUT2D eigenvalue weighted by molar-refractivity contribution is -0.402. The monoisotopic (exact) mass is 1280 g/mol. The van der Waals surface area contributed by atoms with Gasteiger partial charge in [0.15, 0.2) is 5.71 Å². The highest BCUT2D eigenvalue weighted by Gasteiger charge is 2.49. The predicted molar refractivity (Wildman–Crippen MR) is 319 cm³/mol. The molecular weight excluding hydrogens is 1210 g/mol. The molecule has 0 saturated carbocycles. The van der Waals surface area contributed by atoms with Gasteiger partial charge in [-0.2, -0.15) is 29.8 Å². The Bertz CT molecular complexity index is 3690. The third-order valence-electron chi connectivity index (χ3n) is 15.9. The van der Waals surface area contributed by atoms with Gasteiger partial charge in [0.25, 0.3) is 42.2 Å². The maximum Gasteiger partial charge on any atom is 0.333 e. The molecule has 478 valence electrons. The molecule has 0 radical (unpaired) electrons. The minimum atomic E-state index is -4.74. The van der Waals surface area contributed by atoms with Crippen molar-refractivity contribution in [2.75, 3.05) is 72.5 Å². The molecule has 5 N–H and O–H groups in total. The van der Waals surface area contributed by atoms with Crippen LogP contribution in [-0.4, -0.2) is 151 Å². The summed E-state index contributed by atoms with van der Waals surface area (Å²) < 4.78 is 131. The van der Waals surface area contributed by atoms with Gasteiger partial charge in [0.1, 0.15) is 18.6 Å². The molecule has 0 aromatic heterocycles. The Morgan fingerprint density at radius 1 is 0.636 bits per heavy atom. The quantitative estimate of drug-likeness (QED) is 0.0206. The van der Waals surface area contributed by atoms with Gasteiger partial charge < -0.3 is 34.4 Å². The van der Waals surface area contributed by atoms with Gasteiger partial charge in [0.2, 0.25) is 17.5 Å². The highest BCUT2D eigenvalue weighted by molar-refractivity contribution is 7.86. The van der Waals surface area contributed by atoms with Crippen molar-refractivity contribution in [3.63, 3.8) is 0 Å². The molecule has 3 aromatic rings. The molecule has 4 aliphatic rings. The smallest absolute Gasteiger partial charge is 0.333 e. The molecule has 88 heavy (non-hydrogen) atoms. The lowest BCUT2D eigenvalue weighted by atomic mass is 9.75. The summed E-state index contributed by atoms with van der Waals surface area (Å²) >= 11 is 0. The number of unbranched alkanes of at least 4 members (excludes halogenated alkanes) is 1. The second kappa shape index (κ2) is 29.1. The van der Waals surface area contributed by atoms with E-state index in [1.54, 1.807) is 25.0 Å². The Morgan fingerprint density at radius 3 is 1.76 bits per heavy atom. The number of fused-ring (bicyclic) bond motifs is 2. The van der Waals surface area contributed by atoms with Crippen molar-refractivity contribution >= 4 is 77.0 Å². The van der Waals surface area contributed by atoms with Crippen molar-refractivity contribution in [3.8, 4) is 5.75 Å². The number of carbonyl (C=O) groups excluding carboxylic acids is 5. The number of amides is 4. The Morgan fingerprint density at radius 2 is 1.18 bits per heavy atom. The van der Waals surface area contributed by atoms with E-state index in [4.69, 9.17) is 28.6 Å². The topological polar surface area (TPSA) is 337 Å². The minimum absolute atomic E-state index is 0.0108. The molecule has 28 heteroatoms. The average molecular weight is 1280 g/mol. The SMILES string of the molecule is CNC(=O)CCC1(C)C(/C=C/C2=C(Oc3ccc(S(=O)(=O)O)cc3)C(=C/C=C3/N(OCCOCCOCCOCCCCC(=O)ON4C(=O)CCC4=O)c4c(C)cc(S(=O)(=O)O)cc4C3(C)CCC(=O)NC)/CCC2)=[N+](C)c2c(C)cc(S(=O)(=O)O)cc21. The second-order valence-electron chi connectivity index (χ2n) is 22.0.